The topological polar surface area (TPSA) is 49.9 Å². The summed E-state index contributed by atoms with van der Waals surface area (Å²) in [6.45, 7) is 5.11. The van der Waals surface area contributed by atoms with Crippen LogP contribution in [0.25, 0.3) is 0 Å². The van der Waals surface area contributed by atoms with Gasteiger partial charge in [-0.1, -0.05) is 0 Å². The van der Waals surface area contributed by atoms with Gasteiger partial charge in [0, 0.05) is 45.9 Å². The van der Waals surface area contributed by atoms with Crippen LogP contribution in [0.3, 0.4) is 0 Å². The van der Waals surface area contributed by atoms with Crippen LogP contribution in [0, 0.1) is 0 Å². The van der Waals surface area contributed by atoms with Gasteiger partial charge in [0.15, 0.2) is 0 Å². The summed E-state index contributed by atoms with van der Waals surface area (Å²) in [4.78, 5) is 3.94. The summed E-state index contributed by atoms with van der Waals surface area (Å²) in [5.41, 5.74) is -5.15. The lowest BCUT2D eigenvalue weighted by Crippen LogP contribution is -2.53. The van der Waals surface area contributed by atoms with Crippen LogP contribution < -0.4 is 0 Å². The fourth-order valence-corrected chi connectivity index (χ4v) is 2.91. The standard InChI is InChI=1S/C11H21F3N2O3S/c1-10-9-15(3-4-16(10)5-7-19-2)6-8-20(17,18)11(12,13)14/h10H,3-9H2,1-2H3/t10-/m0/s1. The average molecular weight is 318 g/mol. The van der Waals surface area contributed by atoms with Crippen LogP contribution in [0.15, 0.2) is 0 Å². The lowest BCUT2D eigenvalue weighted by molar-refractivity contribution is -0.0438. The molecule has 120 valence electrons. The van der Waals surface area contributed by atoms with Crippen molar-refractivity contribution in [3.8, 4) is 0 Å². The summed E-state index contributed by atoms with van der Waals surface area (Å²) in [5, 5.41) is 0. The van der Waals surface area contributed by atoms with E-state index in [1.807, 2.05) is 6.92 Å². The van der Waals surface area contributed by atoms with Gasteiger partial charge in [-0.15, -0.1) is 0 Å². The first-order valence-electron chi connectivity index (χ1n) is 6.41. The lowest BCUT2D eigenvalue weighted by Gasteiger charge is -2.39. The summed E-state index contributed by atoms with van der Waals surface area (Å²) >= 11 is 0. The summed E-state index contributed by atoms with van der Waals surface area (Å²) in [5.74, 6) is -0.874. The van der Waals surface area contributed by atoms with Gasteiger partial charge in [0.25, 0.3) is 0 Å². The Balaban J connectivity index is 2.42. The van der Waals surface area contributed by atoms with Gasteiger partial charge in [-0.25, -0.2) is 8.42 Å². The van der Waals surface area contributed by atoms with Gasteiger partial charge in [-0.3, -0.25) is 9.80 Å². The predicted octanol–water partition coefficient (Wildman–Crippen LogP) is 0.574. The Morgan fingerprint density at radius 3 is 2.40 bits per heavy atom. The minimum atomic E-state index is -5.15. The Morgan fingerprint density at radius 1 is 1.25 bits per heavy atom. The van der Waals surface area contributed by atoms with Crippen LogP contribution in [-0.4, -0.2) is 82.0 Å². The summed E-state index contributed by atoms with van der Waals surface area (Å²) in [6, 6.07) is 0.174. The second-order valence-electron chi connectivity index (χ2n) is 4.94. The molecule has 1 fully saturated rings. The van der Waals surface area contributed by atoms with Crippen LogP contribution in [0.1, 0.15) is 6.92 Å². The molecule has 1 aliphatic rings. The molecule has 20 heavy (non-hydrogen) atoms. The van der Waals surface area contributed by atoms with Crippen molar-refractivity contribution in [2.24, 2.45) is 0 Å². The van der Waals surface area contributed by atoms with E-state index in [9.17, 15) is 21.6 Å². The lowest BCUT2D eigenvalue weighted by atomic mass is 10.2. The van der Waals surface area contributed by atoms with Crippen LogP contribution in [0.4, 0.5) is 13.2 Å². The molecule has 1 atom stereocenters. The molecule has 0 unspecified atom stereocenters. The molecule has 1 rings (SSSR count). The molecule has 0 amide bonds. The maximum Gasteiger partial charge on any atom is 0.497 e. The molecule has 0 radical (unpaired) electrons. The number of halogens is 3. The first kappa shape index (κ1) is 17.7. The van der Waals surface area contributed by atoms with Crippen molar-refractivity contribution in [1.82, 2.24) is 9.80 Å². The zero-order valence-electron chi connectivity index (χ0n) is 11.7. The average Bonchev–Trinajstić information content (AvgIpc) is 2.34. The fourth-order valence-electron chi connectivity index (χ4n) is 2.18. The van der Waals surface area contributed by atoms with Gasteiger partial charge in [-0.2, -0.15) is 13.2 Å². The van der Waals surface area contributed by atoms with E-state index in [-0.39, 0.29) is 12.6 Å². The van der Waals surface area contributed by atoms with E-state index in [0.717, 1.165) is 6.54 Å². The van der Waals surface area contributed by atoms with Crippen molar-refractivity contribution in [3.05, 3.63) is 0 Å². The molecular formula is C11H21F3N2O3S. The highest BCUT2D eigenvalue weighted by Crippen LogP contribution is 2.24. The highest BCUT2D eigenvalue weighted by molar-refractivity contribution is 7.92. The smallest absolute Gasteiger partial charge is 0.383 e. The van der Waals surface area contributed by atoms with E-state index in [0.29, 0.717) is 26.2 Å². The third kappa shape index (κ3) is 4.87. The van der Waals surface area contributed by atoms with Gasteiger partial charge < -0.3 is 4.74 Å². The molecular weight excluding hydrogens is 297 g/mol. The van der Waals surface area contributed by atoms with E-state index in [4.69, 9.17) is 4.74 Å². The second-order valence-corrected chi connectivity index (χ2v) is 7.04. The minimum Gasteiger partial charge on any atom is -0.383 e. The maximum atomic E-state index is 12.2. The van der Waals surface area contributed by atoms with E-state index < -0.39 is 21.1 Å². The van der Waals surface area contributed by atoms with Crippen LogP contribution >= 0.6 is 0 Å². The number of rotatable bonds is 6. The highest BCUT2D eigenvalue weighted by atomic mass is 32.2. The van der Waals surface area contributed by atoms with Crippen molar-refractivity contribution in [1.29, 1.82) is 0 Å². The van der Waals surface area contributed by atoms with E-state index in [1.165, 1.54) is 0 Å². The number of alkyl halides is 3. The Hall–Kier alpha value is -0.380. The largest absolute Gasteiger partial charge is 0.497 e. The molecule has 0 saturated carbocycles. The van der Waals surface area contributed by atoms with Crippen molar-refractivity contribution < 1.29 is 26.3 Å². The SMILES string of the molecule is COCCN1CCN(CCS(=O)(=O)C(F)(F)F)C[C@@H]1C. The van der Waals surface area contributed by atoms with E-state index >= 15 is 0 Å². The number of hydrogen-bond acceptors (Lipinski definition) is 5. The van der Waals surface area contributed by atoms with Gasteiger partial charge >= 0.3 is 5.51 Å². The third-order valence-electron chi connectivity index (χ3n) is 3.46. The van der Waals surface area contributed by atoms with Gasteiger partial charge in [0.1, 0.15) is 0 Å². The van der Waals surface area contributed by atoms with Crippen molar-refractivity contribution in [2.75, 3.05) is 52.2 Å². The van der Waals surface area contributed by atoms with Gasteiger partial charge in [0.2, 0.25) is 9.84 Å². The zero-order chi connectivity index (χ0) is 15.4. The second kappa shape index (κ2) is 7.06. The van der Waals surface area contributed by atoms with Crippen molar-refractivity contribution >= 4 is 9.84 Å². The highest BCUT2D eigenvalue weighted by Gasteiger charge is 2.45. The molecule has 1 saturated heterocycles. The molecule has 0 aromatic carbocycles. The van der Waals surface area contributed by atoms with Crippen LogP contribution in [-0.2, 0) is 14.6 Å². The van der Waals surface area contributed by atoms with E-state index in [1.54, 1.807) is 12.0 Å². The number of sulfone groups is 1. The number of hydrogen-bond donors (Lipinski definition) is 0. The molecule has 0 spiro atoms. The first-order valence-corrected chi connectivity index (χ1v) is 8.07. The quantitative estimate of drug-likeness (QED) is 0.717. The Kier molecular flexibility index (Phi) is 6.24. The number of methoxy groups -OCH3 is 1. The monoisotopic (exact) mass is 318 g/mol. The normalized spacial score (nSPS) is 23.1. The van der Waals surface area contributed by atoms with E-state index in [2.05, 4.69) is 4.90 Å². The van der Waals surface area contributed by atoms with Crippen molar-refractivity contribution in [2.45, 2.75) is 18.5 Å². The Bertz CT molecular complexity index is 400. The molecule has 0 aromatic heterocycles. The number of piperazine rings is 1. The molecule has 9 heteroatoms. The van der Waals surface area contributed by atoms with Crippen molar-refractivity contribution in [3.63, 3.8) is 0 Å². The molecule has 0 aliphatic carbocycles. The Labute approximate surface area is 117 Å². The van der Waals surface area contributed by atoms with Crippen LogP contribution in [0.5, 0.6) is 0 Å². The molecule has 1 aliphatic heterocycles. The molecule has 0 aromatic rings. The molecule has 0 bridgehead atoms. The molecule has 5 nitrogen and oxygen atoms in total. The van der Waals surface area contributed by atoms with Crippen LogP contribution in [0.2, 0.25) is 0 Å². The Morgan fingerprint density at radius 2 is 1.90 bits per heavy atom. The number of ether oxygens (including phenoxy) is 1. The predicted molar refractivity (Wildman–Crippen MR) is 69.2 cm³/mol. The zero-order valence-corrected chi connectivity index (χ0v) is 12.5. The number of nitrogens with zero attached hydrogens (tertiary/aromatic N) is 2. The fraction of sp³-hybridized carbons (Fsp3) is 1.00. The van der Waals surface area contributed by atoms with Gasteiger partial charge in [-0.05, 0) is 6.92 Å². The minimum absolute atomic E-state index is 0.0791. The molecule has 0 N–H and O–H groups in total. The summed E-state index contributed by atoms with van der Waals surface area (Å²) < 4.78 is 63.7. The summed E-state index contributed by atoms with van der Waals surface area (Å²) in [6.07, 6.45) is 0. The third-order valence-corrected chi connectivity index (χ3v) is 4.89. The maximum absolute atomic E-state index is 12.2. The molecule has 1 heterocycles. The summed E-state index contributed by atoms with van der Waals surface area (Å²) in [7, 11) is -3.40. The van der Waals surface area contributed by atoms with Gasteiger partial charge in [0.05, 0.1) is 12.4 Å². The first-order chi connectivity index (χ1) is 9.17.